The van der Waals surface area contributed by atoms with Crippen molar-refractivity contribution in [3.8, 4) is 5.75 Å². The molecule has 0 saturated heterocycles. The van der Waals surface area contributed by atoms with Crippen LogP contribution in [0, 0.1) is 0 Å². The van der Waals surface area contributed by atoms with Gasteiger partial charge in [-0.2, -0.15) is 13.2 Å². The van der Waals surface area contributed by atoms with E-state index in [0.29, 0.717) is 5.76 Å². The maximum atomic E-state index is 12.6. The minimum Gasteiger partial charge on any atom is -0.493 e. The minimum absolute atomic E-state index is 0.157. The van der Waals surface area contributed by atoms with E-state index in [-0.39, 0.29) is 24.8 Å². The van der Waals surface area contributed by atoms with E-state index in [1.165, 1.54) is 18.4 Å². The molecule has 2 aromatic rings. The van der Waals surface area contributed by atoms with Crippen LogP contribution in [0.4, 0.5) is 13.2 Å². The van der Waals surface area contributed by atoms with Gasteiger partial charge in [0.05, 0.1) is 24.4 Å². The molecule has 1 aromatic carbocycles. The molecule has 1 heterocycles. The van der Waals surface area contributed by atoms with Crippen LogP contribution < -0.4 is 10.5 Å². The van der Waals surface area contributed by atoms with E-state index >= 15 is 0 Å². The SMILES string of the molecule is NCC(COc1cccc(C(F)(F)F)c1)c1ccco1. The number of nitrogens with two attached hydrogens (primary N) is 1. The zero-order valence-electron chi connectivity index (χ0n) is 10.6. The van der Waals surface area contributed by atoms with Crippen molar-refractivity contribution in [2.75, 3.05) is 13.2 Å². The number of rotatable bonds is 5. The maximum absolute atomic E-state index is 12.6. The van der Waals surface area contributed by atoms with Gasteiger partial charge in [-0.15, -0.1) is 0 Å². The van der Waals surface area contributed by atoms with Gasteiger partial charge < -0.3 is 14.9 Å². The number of hydrogen-bond acceptors (Lipinski definition) is 3. The smallest absolute Gasteiger partial charge is 0.416 e. The molecule has 0 bridgehead atoms. The van der Waals surface area contributed by atoms with E-state index in [2.05, 4.69) is 0 Å². The molecule has 1 aromatic heterocycles. The summed E-state index contributed by atoms with van der Waals surface area (Å²) in [6.07, 6.45) is -2.87. The Bertz CT molecular complexity index is 538. The second kappa shape index (κ2) is 6.00. The van der Waals surface area contributed by atoms with E-state index in [1.54, 1.807) is 12.1 Å². The van der Waals surface area contributed by atoms with Gasteiger partial charge in [-0.25, -0.2) is 0 Å². The third-order valence-corrected chi connectivity index (χ3v) is 2.84. The Morgan fingerprint density at radius 1 is 1.20 bits per heavy atom. The predicted octanol–water partition coefficient (Wildman–Crippen LogP) is 3.42. The molecular formula is C14H14F3NO2. The average Bonchev–Trinajstić information content (AvgIpc) is 2.93. The van der Waals surface area contributed by atoms with Crippen LogP contribution in [-0.4, -0.2) is 13.2 Å². The van der Waals surface area contributed by atoms with E-state index < -0.39 is 11.7 Å². The zero-order valence-corrected chi connectivity index (χ0v) is 10.6. The molecule has 0 aliphatic heterocycles. The van der Waals surface area contributed by atoms with Crippen molar-refractivity contribution in [3.05, 3.63) is 54.0 Å². The second-order valence-electron chi connectivity index (χ2n) is 4.28. The number of alkyl halides is 3. The van der Waals surface area contributed by atoms with Crippen molar-refractivity contribution in [1.82, 2.24) is 0 Å². The van der Waals surface area contributed by atoms with Gasteiger partial charge in [0.1, 0.15) is 11.5 Å². The Morgan fingerprint density at radius 2 is 2.00 bits per heavy atom. The fraction of sp³-hybridized carbons (Fsp3) is 0.286. The Balaban J connectivity index is 2.03. The lowest BCUT2D eigenvalue weighted by Crippen LogP contribution is -2.19. The molecule has 0 radical (unpaired) electrons. The van der Waals surface area contributed by atoms with Crippen LogP contribution >= 0.6 is 0 Å². The largest absolute Gasteiger partial charge is 0.493 e. The fourth-order valence-corrected chi connectivity index (χ4v) is 1.75. The van der Waals surface area contributed by atoms with Crippen molar-refractivity contribution in [3.63, 3.8) is 0 Å². The van der Waals surface area contributed by atoms with E-state index in [4.69, 9.17) is 14.9 Å². The van der Waals surface area contributed by atoms with Crippen LogP contribution in [0.25, 0.3) is 0 Å². The first-order valence-corrected chi connectivity index (χ1v) is 6.04. The molecular weight excluding hydrogens is 271 g/mol. The van der Waals surface area contributed by atoms with Crippen LogP contribution in [0.1, 0.15) is 17.2 Å². The first-order chi connectivity index (χ1) is 9.50. The summed E-state index contributed by atoms with van der Waals surface area (Å²) in [6, 6.07) is 8.23. The minimum atomic E-state index is -4.38. The number of hydrogen-bond donors (Lipinski definition) is 1. The van der Waals surface area contributed by atoms with Crippen LogP contribution in [-0.2, 0) is 6.18 Å². The monoisotopic (exact) mass is 285 g/mol. The summed E-state index contributed by atoms with van der Waals surface area (Å²) in [5.74, 6) is 0.615. The topological polar surface area (TPSA) is 48.4 Å². The number of halogens is 3. The van der Waals surface area contributed by atoms with Crippen LogP contribution in [0.5, 0.6) is 5.75 Å². The fourth-order valence-electron chi connectivity index (χ4n) is 1.75. The average molecular weight is 285 g/mol. The van der Waals surface area contributed by atoms with Crippen molar-refractivity contribution in [1.29, 1.82) is 0 Å². The Labute approximate surface area is 114 Å². The van der Waals surface area contributed by atoms with Gasteiger partial charge in [0, 0.05) is 6.54 Å². The number of furan rings is 1. The molecule has 2 N–H and O–H groups in total. The molecule has 1 unspecified atom stereocenters. The first kappa shape index (κ1) is 14.5. The normalized spacial score (nSPS) is 13.2. The van der Waals surface area contributed by atoms with Gasteiger partial charge >= 0.3 is 6.18 Å². The van der Waals surface area contributed by atoms with Gasteiger partial charge in [0.2, 0.25) is 0 Å². The van der Waals surface area contributed by atoms with Gasteiger partial charge in [0.25, 0.3) is 0 Å². The molecule has 0 aliphatic carbocycles. The predicted molar refractivity (Wildman–Crippen MR) is 67.4 cm³/mol. The van der Waals surface area contributed by atoms with Gasteiger partial charge in [-0.3, -0.25) is 0 Å². The molecule has 0 fully saturated rings. The summed E-state index contributed by atoms with van der Waals surface area (Å²) in [4.78, 5) is 0. The Morgan fingerprint density at radius 3 is 2.60 bits per heavy atom. The van der Waals surface area contributed by atoms with Crippen molar-refractivity contribution in [2.24, 2.45) is 5.73 Å². The first-order valence-electron chi connectivity index (χ1n) is 6.04. The van der Waals surface area contributed by atoms with Gasteiger partial charge in [-0.05, 0) is 30.3 Å². The van der Waals surface area contributed by atoms with Crippen LogP contribution in [0.15, 0.2) is 47.1 Å². The summed E-state index contributed by atoms with van der Waals surface area (Å²) in [5, 5.41) is 0. The van der Waals surface area contributed by atoms with Crippen LogP contribution in [0.2, 0.25) is 0 Å². The van der Waals surface area contributed by atoms with E-state index in [0.717, 1.165) is 12.1 Å². The van der Waals surface area contributed by atoms with Crippen molar-refractivity contribution < 1.29 is 22.3 Å². The summed E-state index contributed by atoms with van der Waals surface area (Å²) in [5.41, 5.74) is 4.87. The van der Waals surface area contributed by atoms with Crippen molar-refractivity contribution in [2.45, 2.75) is 12.1 Å². The highest BCUT2D eigenvalue weighted by molar-refractivity contribution is 5.30. The lowest BCUT2D eigenvalue weighted by Gasteiger charge is -2.14. The van der Waals surface area contributed by atoms with Gasteiger partial charge in [-0.1, -0.05) is 6.07 Å². The molecule has 0 aliphatic rings. The lowest BCUT2D eigenvalue weighted by atomic mass is 10.1. The third kappa shape index (κ3) is 3.54. The number of benzene rings is 1. The number of ether oxygens (including phenoxy) is 1. The summed E-state index contributed by atoms with van der Waals surface area (Å²) in [7, 11) is 0. The zero-order chi connectivity index (χ0) is 14.6. The summed E-state index contributed by atoms with van der Waals surface area (Å²) >= 11 is 0. The molecule has 20 heavy (non-hydrogen) atoms. The molecule has 0 spiro atoms. The quantitative estimate of drug-likeness (QED) is 0.915. The highest BCUT2D eigenvalue weighted by Crippen LogP contribution is 2.31. The van der Waals surface area contributed by atoms with Crippen molar-refractivity contribution >= 4 is 0 Å². The lowest BCUT2D eigenvalue weighted by molar-refractivity contribution is -0.137. The molecule has 1 atom stereocenters. The third-order valence-electron chi connectivity index (χ3n) is 2.84. The Hall–Kier alpha value is -1.95. The summed E-state index contributed by atoms with van der Waals surface area (Å²) in [6.45, 7) is 0.442. The van der Waals surface area contributed by atoms with E-state index in [1.807, 2.05) is 0 Å². The van der Waals surface area contributed by atoms with Gasteiger partial charge in [0.15, 0.2) is 0 Å². The Kier molecular flexibility index (Phi) is 4.34. The molecule has 6 heteroatoms. The van der Waals surface area contributed by atoms with E-state index in [9.17, 15) is 13.2 Å². The van der Waals surface area contributed by atoms with Crippen LogP contribution in [0.3, 0.4) is 0 Å². The molecule has 2 rings (SSSR count). The maximum Gasteiger partial charge on any atom is 0.416 e. The molecule has 0 saturated carbocycles. The molecule has 108 valence electrons. The highest BCUT2D eigenvalue weighted by atomic mass is 19.4. The molecule has 3 nitrogen and oxygen atoms in total. The molecule has 0 amide bonds. The second-order valence-corrected chi connectivity index (χ2v) is 4.28. The highest BCUT2D eigenvalue weighted by Gasteiger charge is 2.30. The standard InChI is InChI=1S/C14H14F3NO2/c15-14(16,17)11-3-1-4-12(7-11)20-9-10(8-18)13-5-2-6-19-13/h1-7,10H,8-9,18H2. The summed E-state index contributed by atoms with van der Waals surface area (Å²) < 4.78 is 48.3.